The van der Waals surface area contributed by atoms with Crippen LogP contribution in [0.5, 0.6) is 0 Å². The summed E-state index contributed by atoms with van der Waals surface area (Å²) in [5.41, 5.74) is 0.309. The van der Waals surface area contributed by atoms with E-state index in [9.17, 15) is 12.9 Å². The van der Waals surface area contributed by atoms with E-state index in [-0.39, 0.29) is 51.4 Å². The summed E-state index contributed by atoms with van der Waals surface area (Å²) in [6.07, 6.45) is 3.86. The van der Waals surface area contributed by atoms with Gasteiger partial charge in [0.1, 0.15) is 0 Å². The van der Waals surface area contributed by atoms with Crippen LogP contribution in [-0.4, -0.2) is 6.98 Å². The van der Waals surface area contributed by atoms with Gasteiger partial charge in [-0.3, -0.25) is 0 Å². The molecule has 1 aromatic carbocycles. The van der Waals surface area contributed by atoms with Crippen molar-refractivity contribution < 1.29 is 64.3 Å². The second-order valence-corrected chi connectivity index (χ2v) is 3.78. The zero-order valence-electron chi connectivity index (χ0n) is 9.85. The zero-order chi connectivity index (χ0) is 11.3. The van der Waals surface area contributed by atoms with Gasteiger partial charge in [-0.1, -0.05) is 49.6 Å². The summed E-state index contributed by atoms with van der Waals surface area (Å²) in [6, 6.07) is 5.67. The van der Waals surface area contributed by atoms with Crippen molar-refractivity contribution in [2.24, 2.45) is 0 Å². The first-order valence-electron chi connectivity index (χ1n) is 5.33. The summed E-state index contributed by atoms with van der Waals surface area (Å²) in [4.78, 5) is 0. The average molecular weight is 254 g/mol. The smallest absolute Gasteiger partial charge is 0.445 e. The minimum absolute atomic E-state index is 0. The third-order valence-electron chi connectivity index (χ3n) is 2.40. The summed E-state index contributed by atoms with van der Waals surface area (Å²) >= 11 is 0. The van der Waals surface area contributed by atoms with Crippen LogP contribution in [0.3, 0.4) is 0 Å². The van der Waals surface area contributed by atoms with E-state index in [1.807, 2.05) is 0 Å². The number of rotatable bonds is 5. The molecule has 5 heteroatoms. The van der Waals surface area contributed by atoms with E-state index >= 15 is 0 Å². The van der Waals surface area contributed by atoms with Gasteiger partial charge < -0.3 is 12.9 Å². The molecule has 0 heterocycles. The van der Waals surface area contributed by atoms with Gasteiger partial charge in [-0.2, -0.15) is 0 Å². The number of aryl methyl sites for hydroxylation is 1. The quantitative estimate of drug-likeness (QED) is 0.529. The number of benzene rings is 1. The summed E-state index contributed by atoms with van der Waals surface area (Å²) < 4.78 is 37.3. The molecule has 0 aliphatic heterocycles. The molecule has 0 aromatic heterocycles. The zero-order valence-corrected chi connectivity index (χ0v) is 13.0. The maximum atomic E-state index is 12.4. The van der Waals surface area contributed by atoms with E-state index in [1.165, 1.54) is 12.1 Å². The van der Waals surface area contributed by atoms with Gasteiger partial charge in [0.15, 0.2) is 0 Å². The van der Waals surface area contributed by atoms with Crippen LogP contribution >= 0.6 is 0 Å². The third kappa shape index (κ3) is 5.87. The number of unbranched alkanes of at least 4 members (excludes halogenated alkanes) is 2. The first-order valence-corrected chi connectivity index (χ1v) is 5.33. The molecule has 84 valence electrons. The Morgan fingerprint density at radius 1 is 1.12 bits per heavy atom. The first-order chi connectivity index (χ1) is 7.04. The van der Waals surface area contributed by atoms with Crippen LogP contribution in [0.25, 0.3) is 0 Å². The monoisotopic (exact) mass is 254 g/mol. The molecular formula is C11H15BF3K. The number of hydrogen-bond acceptors (Lipinski definition) is 0. The van der Waals surface area contributed by atoms with Crippen LogP contribution in [0.2, 0.25) is 0 Å². The van der Waals surface area contributed by atoms with E-state index in [4.69, 9.17) is 0 Å². The molecule has 0 fully saturated rings. The van der Waals surface area contributed by atoms with Gasteiger partial charge in [-0.15, -0.1) is 5.46 Å². The number of hydrogen-bond donors (Lipinski definition) is 0. The Morgan fingerprint density at radius 2 is 1.81 bits per heavy atom. The molecule has 1 rings (SSSR count). The Kier molecular flexibility index (Phi) is 8.28. The summed E-state index contributed by atoms with van der Waals surface area (Å²) in [7, 11) is 0. The molecule has 0 bridgehead atoms. The molecule has 0 saturated heterocycles. The van der Waals surface area contributed by atoms with Gasteiger partial charge in [0.05, 0.1) is 0 Å². The molecule has 0 N–H and O–H groups in total. The Labute approximate surface area is 137 Å². The van der Waals surface area contributed by atoms with E-state index in [0.717, 1.165) is 37.3 Å². The van der Waals surface area contributed by atoms with Crippen LogP contribution in [-0.2, 0) is 6.42 Å². The number of halogens is 3. The van der Waals surface area contributed by atoms with Crippen molar-refractivity contribution in [2.45, 2.75) is 32.6 Å². The van der Waals surface area contributed by atoms with Gasteiger partial charge in [0.25, 0.3) is 0 Å². The Balaban J connectivity index is 0.00000225. The molecule has 0 nitrogen and oxygen atoms in total. The van der Waals surface area contributed by atoms with Crippen molar-refractivity contribution in [2.75, 3.05) is 0 Å². The Hall–Kier alpha value is 0.711. The largest absolute Gasteiger partial charge is 1.00 e. The van der Waals surface area contributed by atoms with Gasteiger partial charge in [-0.25, -0.2) is 0 Å². The van der Waals surface area contributed by atoms with E-state index in [0.29, 0.717) is 0 Å². The molecule has 1 aromatic rings. The van der Waals surface area contributed by atoms with Crippen LogP contribution < -0.4 is 56.8 Å². The van der Waals surface area contributed by atoms with Gasteiger partial charge in [-0.05, 0) is 12.8 Å². The van der Waals surface area contributed by atoms with Crippen molar-refractivity contribution in [1.82, 2.24) is 0 Å². The summed E-state index contributed by atoms with van der Waals surface area (Å²) in [5.74, 6) is 0. The third-order valence-corrected chi connectivity index (χ3v) is 2.40. The average Bonchev–Trinajstić information content (AvgIpc) is 2.17. The van der Waals surface area contributed by atoms with E-state index < -0.39 is 12.4 Å². The SMILES string of the molecule is CCCCCc1cccc([B-](F)(F)F)c1.[K+]. The van der Waals surface area contributed by atoms with Crippen LogP contribution in [0.15, 0.2) is 24.3 Å². The fraction of sp³-hybridized carbons (Fsp3) is 0.455. The standard InChI is InChI=1S/C11H15BF3.K/c1-2-3-4-6-10-7-5-8-11(9-10)12(13,14)15;/h5,7-9H,2-4,6H2,1H3;/q-1;+1. The predicted molar refractivity (Wildman–Crippen MR) is 58.4 cm³/mol. The molecule has 0 spiro atoms. The minimum atomic E-state index is -4.85. The second kappa shape index (κ2) is 7.93. The van der Waals surface area contributed by atoms with Crippen molar-refractivity contribution >= 4 is 12.4 Å². The fourth-order valence-electron chi connectivity index (χ4n) is 1.53. The van der Waals surface area contributed by atoms with Crippen molar-refractivity contribution in [3.05, 3.63) is 29.8 Å². The van der Waals surface area contributed by atoms with Crippen LogP contribution in [0, 0.1) is 0 Å². The van der Waals surface area contributed by atoms with Crippen molar-refractivity contribution in [3.63, 3.8) is 0 Å². The summed E-state index contributed by atoms with van der Waals surface area (Å²) in [5, 5.41) is 0. The molecule has 0 radical (unpaired) electrons. The van der Waals surface area contributed by atoms with Crippen molar-refractivity contribution in [1.29, 1.82) is 0 Å². The molecule has 0 saturated carbocycles. The topological polar surface area (TPSA) is 0 Å². The predicted octanol–water partition coefficient (Wildman–Crippen LogP) is 0.478. The normalized spacial score (nSPS) is 11.0. The van der Waals surface area contributed by atoms with E-state index in [1.54, 1.807) is 6.07 Å². The fourth-order valence-corrected chi connectivity index (χ4v) is 1.53. The maximum absolute atomic E-state index is 12.4. The van der Waals surface area contributed by atoms with Gasteiger partial charge >= 0.3 is 58.4 Å². The van der Waals surface area contributed by atoms with Gasteiger partial charge in [0, 0.05) is 0 Å². The first kappa shape index (κ1) is 16.7. The summed E-state index contributed by atoms with van der Waals surface area (Å²) in [6.45, 7) is -2.77. The maximum Gasteiger partial charge on any atom is 1.00 e. The molecular weight excluding hydrogens is 239 g/mol. The Bertz CT molecular complexity index is 312. The van der Waals surface area contributed by atoms with Crippen LogP contribution in [0.4, 0.5) is 12.9 Å². The van der Waals surface area contributed by atoms with Gasteiger partial charge in [0.2, 0.25) is 0 Å². The molecule has 0 aliphatic carbocycles. The molecule has 0 amide bonds. The Morgan fingerprint density at radius 3 is 2.38 bits per heavy atom. The van der Waals surface area contributed by atoms with Crippen LogP contribution in [0.1, 0.15) is 31.7 Å². The minimum Gasteiger partial charge on any atom is -0.445 e. The second-order valence-electron chi connectivity index (χ2n) is 3.78. The molecule has 0 unspecified atom stereocenters. The van der Waals surface area contributed by atoms with E-state index in [2.05, 4.69) is 6.92 Å². The molecule has 16 heavy (non-hydrogen) atoms. The molecule has 0 aliphatic rings. The molecule has 0 atom stereocenters. The van der Waals surface area contributed by atoms with Crippen molar-refractivity contribution in [3.8, 4) is 0 Å².